The molecule has 130 valence electrons. The van der Waals surface area contributed by atoms with E-state index in [4.69, 9.17) is 5.11 Å². The summed E-state index contributed by atoms with van der Waals surface area (Å²) < 4.78 is 36.9. The number of amides is 2. The Morgan fingerprint density at radius 2 is 1.91 bits per heavy atom. The SMILES string of the molecule is CC(C)N(C)c1cccc(NC(=O)N(C)C[C@H](O)C(F)(F)F)c1. The van der Waals surface area contributed by atoms with E-state index in [9.17, 15) is 18.0 Å². The minimum Gasteiger partial charge on any atom is -0.382 e. The van der Waals surface area contributed by atoms with Crippen molar-refractivity contribution in [3.63, 3.8) is 0 Å². The molecule has 23 heavy (non-hydrogen) atoms. The number of urea groups is 1. The molecule has 1 atom stereocenters. The van der Waals surface area contributed by atoms with Gasteiger partial charge in [-0.2, -0.15) is 13.2 Å². The van der Waals surface area contributed by atoms with Crippen LogP contribution in [0.2, 0.25) is 0 Å². The molecular formula is C15H22F3N3O2. The molecule has 0 aromatic heterocycles. The second-order valence-corrected chi connectivity index (χ2v) is 5.62. The molecule has 2 N–H and O–H groups in total. The van der Waals surface area contributed by atoms with Gasteiger partial charge in [0.1, 0.15) is 0 Å². The zero-order chi connectivity index (χ0) is 17.8. The number of aliphatic hydroxyl groups excluding tert-OH is 1. The van der Waals surface area contributed by atoms with Crippen LogP contribution in [0.15, 0.2) is 24.3 Å². The third-order valence-corrected chi connectivity index (χ3v) is 3.45. The maximum Gasteiger partial charge on any atom is 0.416 e. The van der Waals surface area contributed by atoms with Gasteiger partial charge in [-0.25, -0.2) is 4.79 Å². The molecule has 0 saturated carbocycles. The molecule has 0 aliphatic carbocycles. The van der Waals surface area contributed by atoms with E-state index in [-0.39, 0.29) is 6.04 Å². The Kier molecular flexibility index (Phi) is 6.26. The van der Waals surface area contributed by atoms with Crippen molar-refractivity contribution in [2.75, 3.05) is 30.9 Å². The molecule has 0 aliphatic rings. The molecule has 0 unspecified atom stereocenters. The van der Waals surface area contributed by atoms with Gasteiger partial charge in [0, 0.05) is 31.5 Å². The van der Waals surface area contributed by atoms with Crippen molar-refractivity contribution in [1.29, 1.82) is 0 Å². The van der Waals surface area contributed by atoms with E-state index in [0.717, 1.165) is 10.6 Å². The summed E-state index contributed by atoms with van der Waals surface area (Å²) in [5.74, 6) is 0. The van der Waals surface area contributed by atoms with Gasteiger partial charge < -0.3 is 20.2 Å². The van der Waals surface area contributed by atoms with Crippen molar-refractivity contribution in [1.82, 2.24) is 4.90 Å². The van der Waals surface area contributed by atoms with Crippen molar-refractivity contribution < 1.29 is 23.1 Å². The van der Waals surface area contributed by atoms with Crippen molar-refractivity contribution in [2.24, 2.45) is 0 Å². The molecule has 0 heterocycles. The van der Waals surface area contributed by atoms with Gasteiger partial charge >= 0.3 is 12.2 Å². The molecule has 0 spiro atoms. The number of nitrogens with zero attached hydrogens (tertiary/aromatic N) is 2. The van der Waals surface area contributed by atoms with Crippen LogP contribution in [0.1, 0.15) is 13.8 Å². The summed E-state index contributed by atoms with van der Waals surface area (Å²) in [6, 6.07) is 6.51. The van der Waals surface area contributed by atoms with Crippen LogP contribution in [-0.2, 0) is 0 Å². The predicted octanol–water partition coefficient (Wildman–Crippen LogP) is 2.92. The van der Waals surface area contributed by atoms with Gasteiger partial charge in [-0.3, -0.25) is 0 Å². The number of halogens is 3. The first-order valence-corrected chi connectivity index (χ1v) is 7.12. The molecule has 2 amide bonds. The Morgan fingerprint density at radius 3 is 2.43 bits per heavy atom. The lowest BCUT2D eigenvalue weighted by molar-refractivity contribution is -0.205. The maximum atomic E-state index is 12.3. The number of alkyl halides is 3. The first-order chi connectivity index (χ1) is 10.5. The highest BCUT2D eigenvalue weighted by molar-refractivity contribution is 5.89. The lowest BCUT2D eigenvalue weighted by atomic mass is 10.2. The third kappa shape index (κ3) is 5.63. The fourth-order valence-corrected chi connectivity index (χ4v) is 1.77. The summed E-state index contributed by atoms with van der Waals surface area (Å²) in [7, 11) is 3.09. The van der Waals surface area contributed by atoms with E-state index in [0.29, 0.717) is 5.69 Å². The number of hydrogen-bond acceptors (Lipinski definition) is 3. The van der Waals surface area contributed by atoms with Crippen LogP contribution in [0.4, 0.5) is 29.3 Å². The van der Waals surface area contributed by atoms with E-state index >= 15 is 0 Å². The summed E-state index contributed by atoms with van der Waals surface area (Å²) in [5, 5.41) is 11.5. The minimum atomic E-state index is -4.76. The lowest BCUT2D eigenvalue weighted by Crippen LogP contribution is -2.43. The topological polar surface area (TPSA) is 55.8 Å². The monoisotopic (exact) mass is 333 g/mol. The molecule has 0 radical (unpaired) electrons. The number of carbonyl (C=O) groups excluding carboxylic acids is 1. The van der Waals surface area contributed by atoms with E-state index in [1.54, 1.807) is 18.2 Å². The molecule has 0 bridgehead atoms. The van der Waals surface area contributed by atoms with Crippen molar-refractivity contribution >= 4 is 17.4 Å². The first-order valence-electron chi connectivity index (χ1n) is 7.12. The highest BCUT2D eigenvalue weighted by atomic mass is 19.4. The number of hydrogen-bond donors (Lipinski definition) is 2. The van der Waals surface area contributed by atoms with E-state index in [2.05, 4.69) is 5.32 Å². The van der Waals surface area contributed by atoms with Crippen LogP contribution in [0.3, 0.4) is 0 Å². The fraction of sp³-hybridized carbons (Fsp3) is 0.533. The molecule has 0 saturated heterocycles. The number of nitrogens with one attached hydrogen (secondary N) is 1. The molecule has 8 heteroatoms. The van der Waals surface area contributed by atoms with Gasteiger partial charge in [0.25, 0.3) is 0 Å². The Hall–Kier alpha value is -1.96. The van der Waals surface area contributed by atoms with Crippen LogP contribution in [-0.4, -0.2) is 55.0 Å². The molecule has 1 rings (SSSR count). The standard InChI is InChI=1S/C15H22F3N3O2/c1-10(2)21(4)12-7-5-6-11(8-12)19-14(23)20(3)9-13(22)15(16,17)18/h5-8,10,13,22H,9H2,1-4H3,(H,19,23)/t13-/m0/s1. The Bertz CT molecular complexity index is 535. The molecule has 0 fully saturated rings. The van der Waals surface area contributed by atoms with Crippen molar-refractivity contribution in [2.45, 2.75) is 32.2 Å². The quantitative estimate of drug-likeness (QED) is 0.871. The van der Waals surface area contributed by atoms with Gasteiger partial charge in [-0.1, -0.05) is 6.07 Å². The first kappa shape index (κ1) is 19.1. The van der Waals surface area contributed by atoms with Crippen LogP contribution >= 0.6 is 0 Å². The number of aliphatic hydroxyl groups is 1. The molecule has 5 nitrogen and oxygen atoms in total. The second-order valence-electron chi connectivity index (χ2n) is 5.62. The number of carbonyl (C=O) groups is 1. The van der Waals surface area contributed by atoms with Crippen molar-refractivity contribution in [3.8, 4) is 0 Å². The highest BCUT2D eigenvalue weighted by Crippen LogP contribution is 2.22. The van der Waals surface area contributed by atoms with E-state index in [1.807, 2.05) is 31.9 Å². The Labute approximate surface area is 133 Å². The molecule has 0 aliphatic heterocycles. The molecule has 1 aromatic rings. The van der Waals surface area contributed by atoms with Gasteiger partial charge in [-0.05, 0) is 32.0 Å². The van der Waals surface area contributed by atoms with Crippen LogP contribution < -0.4 is 10.2 Å². The van der Waals surface area contributed by atoms with E-state index in [1.165, 1.54) is 7.05 Å². The summed E-state index contributed by atoms with van der Waals surface area (Å²) in [6.07, 6.45) is -7.33. The number of rotatable bonds is 5. The number of anilines is 2. The third-order valence-electron chi connectivity index (χ3n) is 3.45. The number of benzene rings is 1. The van der Waals surface area contributed by atoms with Gasteiger partial charge in [0.15, 0.2) is 6.10 Å². The highest BCUT2D eigenvalue weighted by Gasteiger charge is 2.39. The van der Waals surface area contributed by atoms with Crippen LogP contribution in [0.5, 0.6) is 0 Å². The predicted molar refractivity (Wildman–Crippen MR) is 83.7 cm³/mol. The van der Waals surface area contributed by atoms with Gasteiger partial charge in [-0.15, -0.1) is 0 Å². The van der Waals surface area contributed by atoms with E-state index < -0.39 is 24.9 Å². The Morgan fingerprint density at radius 1 is 1.30 bits per heavy atom. The zero-order valence-corrected chi connectivity index (χ0v) is 13.6. The minimum absolute atomic E-state index is 0.255. The molecule has 1 aromatic carbocycles. The average molecular weight is 333 g/mol. The van der Waals surface area contributed by atoms with Crippen LogP contribution in [0.25, 0.3) is 0 Å². The fourth-order valence-electron chi connectivity index (χ4n) is 1.77. The average Bonchev–Trinajstić information content (AvgIpc) is 2.45. The summed E-state index contributed by atoms with van der Waals surface area (Å²) in [6.45, 7) is 3.19. The summed E-state index contributed by atoms with van der Waals surface area (Å²) in [4.78, 5) is 14.7. The van der Waals surface area contributed by atoms with Gasteiger partial charge in [0.05, 0.1) is 6.54 Å². The zero-order valence-electron chi connectivity index (χ0n) is 13.6. The summed E-state index contributed by atoms with van der Waals surface area (Å²) >= 11 is 0. The smallest absolute Gasteiger partial charge is 0.382 e. The second kappa shape index (κ2) is 7.54. The normalized spacial score (nSPS) is 12.9. The number of likely N-dealkylation sites (N-methyl/N-ethyl adjacent to an activating group) is 1. The van der Waals surface area contributed by atoms with Crippen molar-refractivity contribution in [3.05, 3.63) is 24.3 Å². The Balaban J connectivity index is 2.72. The lowest BCUT2D eigenvalue weighted by Gasteiger charge is -2.25. The van der Waals surface area contributed by atoms with Crippen LogP contribution in [0, 0.1) is 0 Å². The largest absolute Gasteiger partial charge is 0.416 e. The molecular weight excluding hydrogens is 311 g/mol. The maximum absolute atomic E-state index is 12.3. The summed E-state index contributed by atoms with van der Waals surface area (Å²) in [5.41, 5.74) is 1.34. The van der Waals surface area contributed by atoms with Gasteiger partial charge in [0.2, 0.25) is 0 Å².